The molecule has 6 heteroatoms. The van der Waals surface area contributed by atoms with E-state index in [0.717, 1.165) is 33.5 Å². The number of hydrogen-bond donors (Lipinski definition) is 1. The van der Waals surface area contributed by atoms with E-state index in [1.54, 1.807) is 7.11 Å². The second kappa shape index (κ2) is 7.05. The van der Waals surface area contributed by atoms with E-state index >= 15 is 0 Å². The number of amides is 1. The Morgan fingerprint density at radius 2 is 2.00 bits per heavy atom. The summed E-state index contributed by atoms with van der Waals surface area (Å²) in [6.45, 7) is 2.41. The van der Waals surface area contributed by atoms with Crippen LogP contribution in [0, 0.1) is 6.92 Å². The van der Waals surface area contributed by atoms with Gasteiger partial charge >= 0.3 is 0 Å². The maximum Gasteiger partial charge on any atom is 0.270 e. The summed E-state index contributed by atoms with van der Waals surface area (Å²) in [5.74, 6) is 0.710. The maximum absolute atomic E-state index is 12.5. The van der Waals surface area contributed by atoms with Crippen molar-refractivity contribution in [3.8, 4) is 5.75 Å². The van der Waals surface area contributed by atoms with Crippen LogP contribution in [0.1, 0.15) is 21.7 Å². The van der Waals surface area contributed by atoms with Crippen LogP contribution in [0.2, 0.25) is 0 Å². The number of ether oxygens (including phenoxy) is 1. The second-order valence-corrected chi connectivity index (χ2v) is 6.39. The largest absolute Gasteiger partial charge is 0.497 e. The van der Waals surface area contributed by atoms with Gasteiger partial charge in [0.1, 0.15) is 17.1 Å². The van der Waals surface area contributed by atoms with Gasteiger partial charge in [0.25, 0.3) is 5.91 Å². The molecule has 1 aromatic carbocycles. The highest BCUT2D eigenvalue weighted by atomic mass is 79.9. The Morgan fingerprint density at radius 1 is 1.25 bits per heavy atom. The Kier molecular flexibility index (Phi) is 4.85. The molecule has 0 spiro atoms. The van der Waals surface area contributed by atoms with Crippen molar-refractivity contribution in [1.29, 1.82) is 0 Å². The predicted molar refractivity (Wildman–Crippen MR) is 96.7 cm³/mol. The van der Waals surface area contributed by atoms with Gasteiger partial charge < -0.3 is 10.1 Å². The normalized spacial score (nSPS) is 10.8. The smallest absolute Gasteiger partial charge is 0.270 e. The number of nitrogens with zero attached hydrogens (tertiary/aromatic N) is 2. The standard InChI is InChI=1S/C18H18BrN3O2/c1-12-17(22-11-14(19)5-8-16(22)21-12)18(23)20-10-9-13-3-6-15(24-2)7-4-13/h3-8,11H,9-10H2,1-2H3,(H,20,23). The number of fused-ring (bicyclic) bond motifs is 1. The van der Waals surface area contributed by atoms with Crippen LogP contribution >= 0.6 is 15.9 Å². The minimum atomic E-state index is -0.119. The summed E-state index contributed by atoms with van der Waals surface area (Å²) in [6.07, 6.45) is 2.61. The summed E-state index contributed by atoms with van der Waals surface area (Å²) >= 11 is 3.43. The summed E-state index contributed by atoms with van der Waals surface area (Å²) < 4.78 is 7.85. The molecule has 0 saturated carbocycles. The topological polar surface area (TPSA) is 55.6 Å². The Labute approximate surface area is 148 Å². The zero-order chi connectivity index (χ0) is 17.1. The van der Waals surface area contributed by atoms with Crippen molar-refractivity contribution in [2.24, 2.45) is 0 Å². The minimum absolute atomic E-state index is 0.119. The monoisotopic (exact) mass is 387 g/mol. The Morgan fingerprint density at radius 3 is 2.71 bits per heavy atom. The fraction of sp³-hybridized carbons (Fsp3) is 0.222. The summed E-state index contributed by atoms with van der Waals surface area (Å²) in [5.41, 5.74) is 3.20. The first-order valence-corrected chi connectivity index (χ1v) is 8.43. The number of rotatable bonds is 5. The first-order valence-electron chi connectivity index (χ1n) is 7.64. The van der Waals surface area contributed by atoms with Gasteiger partial charge in [0.15, 0.2) is 0 Å². The number of carbonyl (C=O) groups excluding carboxylic acids is 1. The lowest BCUT2D eigenvalue weighted by atomic mass is 10.1. The van der Waals surface area contributed by atoms with Crippen molar-refractivity contribution in [1.82, 2.24) is 14.7 Å². The third-order valence-electron chi connectivity index (χ3n) is 3.83. The highest BCUT2D eigenvalue weighted by Gasteiger charge is 2.16. The van der Waals surface area contributed by atoms with Gasteiger partial charge in [0, 0.05) is 17.2 Å². The number of imidazole rings is 1. The molecule has 24 heavy (non-hydrogen) atoms. The second-order valence-electron chi connectivity index (χ2n) is 5.48. The summed E-state index contributed by atoms with van der Waals surface area (Å²) in [7, 11) is 1.64. The molecule has 0 aliphatic carbocycles. The average Bonchev–Trinajstić information content (AvgIpc) is 2.90. The lowest BCUT2D eigenvalue weighted by Crippen LogP contribution is -2.27. The lowest BCUT2D eigenvalue weighted by molar-refractivity contribution is 0.0947. The van der Waals surface area contributed by atoms with Crippen molar-refractivity contribution < 1.29 is 9.53 Å². The first kappa shape index (κ1) is 16.5. The van der Waals surface area contributed by atoms with Crippen molar-refractivity contribution in [2.45, 2.75) is 13.3 Å². The quantitative estimate of drug-likeness (QED) is 0.729. The molecule has 0 aliphatic heterocycles. The van der Waals surface area contributed by atoms with Gasteiger partial charge in [-0.05, 0) is 59.1 Å². The zero-order valence-electron chi connectivity index (χ0n) is 13.5. The third-order valence-corrected chi connectivity index (χ3v) is 4.30. The molecule has 0 atom stereocenters. The summed E-state index contributed by atoms with van der Waals surface area (Å²) in [4.78, 5) is 17.0. The van der Waals surface area contributed by atoms with E-state index in [1.165, 1.54) is 0 Å². The van der Waals surface area contributed by atoms with Crippen LogP contribution in [0.4, 0.5) is 0 Å². The molecule has 0 saturated heterocycles. The van der Waals surface area contributed by atoms with Crippen LogP contribution in [-0.4, -0.2) is 28.9 Å². The van der Waals surface area contributed by atoms with Gasteiger partial charge in [0.2, 0.25) is 0 Å². The van der Waals surface area contributed by atoms with Crippen molar-refractivity contribution in [3.05, 3.63) is 64.0 Å². The fourth-order valence-corrected chi connectivity index (χ4v) is 2.94. The number of methoxy groups -OCH3 is 1. The molecular formula is C18H18BrN3O2. The molecule has 2 heterocycles. The Bertz CT molecular complexity index is 872. The first-order chi connectivity index (χ1) is 11.6. The van der Waals surface area contributed by atoms with Crippen LogP contribution < -0.4 is 10.1 Å². The van der Waals surface area contributed by atoms with E-state index in [2.05, 4.69) is 26.2 Å². The Hall–Kier alpha value is -2.34. The molecule has 1 N–H and O–H groups in total. The molecule has 1 amide bonds. The van der Waals surface area contributed by atoms with Crippen LogP contribution in [0.5, 0.6) is 5.75 Å². The molecule has 3 rings (SSSR count). The molecule has 3 aromatic rings. The van der Waals surface area contributed by atoms with Gasteiger partial charge in [-0.15, -0.1) is 0 Å². The van der Waals surface area contributed by atoms with Gasteiger partial charge in [-0.1, -0.05) is 12.1 Å². The molecule has 0 aliphatic rings. The SMILES string of the molecule is COc1ccc(CCNC(=O)c2c(C)nc3ccc(Br)cn23)cc1. The lowest BCUT2D eigenvalue weighted by Gasteiger charge is -2.07. The molecule has 5 nitrogen and oxygen atoms in total. The molecule has 0 unspecified atom stereocenters. The van der Waals surface area contributed by atoms with Gasteiger partial charge in [-0.2, -0.15) is 0 Å². The van der Waals surface area contributed by atoms with E-state index in [4.69, 9.17) is 4.74 Å². The summed E-state index contributed by atoms with van der Waals surface area (Å²) in [5, 5.41) is 2.97. The van der Waals surface area contributed by atoms with E-state index in [1.807, 2.05) is 53.9 Å². The number of hydrogen-bond acceptors (Lipinski definition) is 3. The van der Waals surface area contributed by atoms with Crippen LogP contribution in [0.25, 0.3) is 5.65 Å². The fourth-order valence-electron chi connectivity index (χ4n) is 2.61. The average molecular weight is 388 g/mol. The van der Waals surface area contributed by atoms with Crippen LogP contribution in [-0.2, 0) is 6.42 Å². The zero-order valence-corrected chi connectivity index (χ0v) is 15.1. The Balaban J connectivity index is 1.68. The third kappa shape index (κ3) is 3.43. The highest BCUT2D eigenvalue weighted by molar-refractivity contribution is 9.10. The van der Waals surface area contributed by atoms with Crippen molar-refractivity contribution in [3.63, 3.8) is 0 Å². The predicted octanol–water partition coefficient (Wildman–Crippen LogP) is 3.39. The molecular weight excluding hydrogens is 370 g/mol. The maximum atomic E-state index is 12.5. The van der Waals surface area contributed by atoms with Gasteiger partial charge in [-0.3, -0.25) is 9.20 Å². The number of halogens is 1. The van der Waals surface area contributed by atoms with Crippen LogP contribution in [0.15, 0.2) is 47.1 Å². The number of nitrogens with one attached hydrogen (secondary N) is 1. The number of carbonyl (C=O) groups is 1. The highest BCUT2D eigenvalue weighted by Crippen LogP contribution is 2.17. The molecule has 124 valence electrons. The van der Waals surface area contributed by atoms with E-state index in [9.17, 15) is 4.79 Å². The van der Waals surface area contributed by atoms with E-state index < -0.39 is 0 Å². The minimum Gasteiger partial charge on any atom is -0.497 e. The van der Waals surface area contributed by atoms with E-state index in [-0.39, 0.29) is 5.91 Å². The molecule has 0 bridgehead atoms. The molecule has 2 aromatic heterocycles. The van der Waals surface area contributed by atoms with Crippen molar-refractivity contribution in [2.75, 3.05) is 13.7 Å². The number of benzene rings is 1. The number of aryl methyl sites for hydroxylation is 1. The molecule has 0 radical (unpaired) electrons. The van der Waals surface area contributed by atoms with Gasteiger partial charge in [-0.25, -0.2) is 4.98 Å². The van der Waals surface area contributed by atoms with Crippen LogP contribution in [0.3, 0.4) is 0 Å². The number of aromatic nitrogens is 2. The van der Waals surface area contributed by atoms with Crippen molar-refractivity contribution >= 4 is 27.5 Å². The van der Waals surface area contributed by atoms with Gasteiger partial charge in [0.05, 0.1) is 12.8 Å². The number of pyridine rings is 1. The molecule has 0 fully saturated rings. The van der Waals surface area contributed by atoms with E-state index in [0.29, 0.717) is 12.2 Å². The summed E-state index contributed by atoms with van der Waals surface area (Å²) in [6, 6.07) is 11.6.